The van der Waals surface area contributed by atoms with Crippen molar-refractivity contribution >= 4 is 5.91 Å². The number of hydrogen-bond acceptors (Lipinski definition) is 3. The summed E-state index contributed by atoms with van der Waals surface area (Å²) in [5, 5.41) is 0. The van der Waals surface area contributed by atoms with Crippen LogP contribution in [0.2, 0.25) is 0 Å². The standard InChI is InChI=1S/C10H14N2O2/c1-14-7-3-5-9-8(10(11)13)4-2-6-12-9/h2,4,6H,3,5,7H2,1H3,(H2,11,13). The summed E-state index contributed by atoms with van der Waals surface area (Å²) in [5.41, 5.74) is 6.46. The van der Waals surface area contributed by atoms with E-state index in [-0.39, 0.29) is 0 Å². The molecule has 0 saturated heterocycles. The van der Waals surface area contributed by atoms with Crippen LogP contribution in [0.15, 0.2) is 18.3 Å². The second-order valence-corrected chi connectivity index (χ2v) is 2.96. The summed E-state index contributed by atoms with van der Waals surface area (Å²) < 4.78 is 4.92. The Balaban J connectivity index is 2.69. The first-order valence-electron chi connectivity index (χ1n) is 4.48. The lowest BCUT2D eigenvalue weighted by Gasteiger charge is -2.04. The van der Waals surface area contributed by atoms with Crippen LogP contribution in [0.4, 0.5) is 0 Å². The van der Waals surface area contributed by atoms with Crippen molar-refractivity contribution in [2.24, 2.45) is 5.73 Å². The zero-order valence-electron chi connectivity index (χ0n) is 8.19. The summed E-state index contributed by atoms with van der Waals surface area (Å²) in [6.45, 7) is 0.661. The quantitative estimate of drug-likeness (QED) is 0.704. The van der Waals surface area contributed by atoms with Gasteiger partial charge in [0.15, 0.2) is 0 Å². The minimum Gasteiger partial charge on any atom is -0.385 e. The highest BCUT2D eigenvalue weighted by molar-refractivity contribution is 5.93. The summed E-state index contributed by atoms with van der Waals surface area (Å²) in [6, 6.07) is 3.40. The Kier molecular flexibility index (Phi) is 4.07. The Morgan fingerprint density at radius 2 is 2.43 bits per heavy atom. The van der Waals surface area contributed by atoms with Gasteiger partial charge in [0.25, 0.3) is 5.91 Å². The van der Waals surface area contributed by atoms with Gasteiger partial charge in [0.1, 0.15) is 0 Å². The zero-order chi connectivity index (χ0) is 10.4. The predicted octanol–water partition coefficient (Wildman–Crippen LogP) is 0.760. The molecule has 2 N–H and O–H groups in total. The molecule has 76 valence electrons. The van der Waals surface area contributed by atoms with Gasteiger partial charge >= 0.3 is 0 Å². The largest absolute Gasteiger partial charge is 0.385 e. The topological polar surface area (TPSA) is 65.2 Å². The van der Waals surface area contributed by atoms with Crippen LogP contribution in [0, 0.1) is 0 Å². The molecule has 1 heterocycles. The number of carbonyl (C=O) groups is 1. The molecule has 1 aromatic rings. The van der Waals surface area contributed by atoms with E-state index in [0.717, 1.165) is 12.1 Å². The van der Waals surface area contributed by atoms with E-state index in [1.165, 1.54) is 0 Å². The van der Waals surface area contributed by atoms with Gasteiger partial charge in [0.05, 0.1) is 11.3 Å². The van der Waals surface area contributed by atoms with Gasteiger partial charge < -0.3 is 10.5 Å². The second-order valence-electron chi connectivity index (χ2n) is 2.96. The van der Waals surface area contributed by atoms with Crippen molar-refractivity contribution in [3.8, 4) is 0 Å². The van der Waals surface area contributed by atoms with Gasteiger partial charge in [-0.05, 0) is 25.0 Å². The third-order valence-electron chi connectivity index (χ3n) is 1.92. The van der Waals surface area contributed by atoms with Crippen molar-refractivity contribution < 1.29 is 9.53 Å². The van der Waals surface area contributed by atoms with Gasteiger partial charge in [-0.3, -0.25) is 9.78 Å². The number of pyridine rings is 1. The van der Waals surface area contributed by atoms with E-state index in [4.69, 9.17) is 10.5 Å². The van der Waals surface area contributed by atoms with Gasteiger partial charge in [0, 0.05) is 19.9 Å². The first-order chi connectivity index (χ1) is 6.75. The molecule has 4 nitrogen and oxygen atoms in total. The maximum atomic E-state index is 11.0. The predicted molar refractivity (Wildman–Crippen MR) is 53.0 cm³/mol. The average molecular weight is 194 g/mol. The molecule has 1 amide bonds. The van der Waals surface area contributed by atoms with Crippen LogP contribution in [0.5, 0.6) is 0 Å². The Hall–Kier alpha value is -1.42. The molecule has 0 saturated carbocycles. The molecule has 0 unspecified atom stereocenters. The lowest BCUT2D eigenvalue weighted by Crippen LogP contribution is -2.14. The fourth-order valence-corrected chi connectivity index (χ4v) is 1.25. The molecule has 0 aliphatic heterocycles. The number of aromatic nitrogens is 1. The van der Waals surface area contributed by atoms with Gasteiger partial charge in [0.2, 0.25) is 0 Å². The molecular formula is C10H14N2O2. The fourth-order valence-electron chi connectivity index (χ4n) is 1.25. The number of nitrogens with two attached hydrogens (primary N) is 1. The molecule has 4 heteroatoms. The van der Waals surface area contributed by atoms with E-state index < -0.39 is 5.91 Å². The number of carbonyl (C=O) groups excluding carboxylic acids is 1. The second kappa shape index (κ2) is 5.34. The van der Waals surface area contributed by atoms with E-state index in [9.17, 15) is 4.79 Å². The number of ether oxygens (including phenoxy) is 1. The molecule has 0 aromatic carbocycles. The van der Waals surface area contributed by atoms with Gasteiger partial charge in [-0.15, -0.1) is 0 Å². The average Bonchev–Trinajstić information content (AvgIpc) is 2.19. The van der Waals surface area contributed by atoms with Crippen molar-refractivity contribution in [3.63, 3.8) is 0 Å². The number of methoxy groups -OCH3 is 1. The minimum atomic E-state index is -0.425. The Morgan fingerprint density at radius 3 is 3.07 bits per heavy atom. The lowest BCUT2D eigenvalue weighted by atomic mass is 10.1. The molecule has 1 aromatic heterocycles. The summed E-state index contributed by atoms with van der Waals surface area (Å²) in [7, 11) is 1.65. The number of rotatable bonds is 5. The third-order valence-corrected chi connectivity index (χ3v) is 1.92. The van der Waals surface area contributed by atoms with Crippen molar-refractivity contribution in [1.29, 1.82) is 0 Å². The van der Waals surface area contributed by atoms with Crippen LogP contribution in [-0.2, 0) is 11.2 Å². The van der Waals surface area contributed by atoms with Gasteiger partial charge in [-0.2, -0.15) is 0 Å². The zero-order valence-corrected chi connectivity index (χ0v) is 8.19. The van der Waals surface area contributed by atoms with Crippen molar-refractivity contribution in [1.82, 2.24) is 4.98 Å². The highest BCUT2D eigenvalue weighted by Gasteiger charge is 2.07. The maximum absolute atomic E-state index is 11.0. The third kappa shape index (κ3) is 2.81. The lowest BCUT2D eigenvalue weighted by molar-refractivity contribution is 0.0998. The Morgan fingerprint density at radius 1 is 1.64 bits per heavy atom. The summed E-state index contributed by atoms with van der Waals surface area (Å²) in [5.74, 6) is -0.425. The van der Waals surface area contributed by atoms with Gasteiger partial charge in [-0.25, -0.2) is 0 Å². The minimum absolute atomic E-state index is 0.425. The highest BCUT2D eigenvalue weighted by Crippen LogP contribution is 2.06. The van der Waals surface area contributed by atoms with Crippen LogP contribution in [-0.4, -0.2) is 24.6 Å². The summed E-state index contributed by atoms with van der Waals surface area (Å²) >= 11 is 0. The first kappa shape index (κ1) is 10.7. The molecule has 0 radical (unpaired) electrons. The molecule has 14 heavy (non-hydrogen) atoms. The number of nitrogens with zero attached hydrogens (tertiary/aromatic N) is 1. The van der Waals surface area contributed by atoms with Crippen molar-refractivity contribution in [3.05, 3.63) is 29.6 Å². The monoisotopic (exact) mass is 194 g/mol. The molecule has 0 aliphatic carbocycles. The number of amides is 1. The van der Waals surface area contributed by atoms with E-state index in [0.29, 0.717) is 18.6 Å². The Bertz CT molecular complexity index is 313. The smallest absolute Gasteiger partial charge is 0.250 e. The van der Waals surface area contributed by atoms with Crippen molar-refractivity contribution in [2.45, 2.75) is 12.8 Å². The molecule has 1 rings (SSSR count). The van der Waals surface area contributed by atoms with Crippen molar-refractivity contribution in [2.75, 3.05) is 13.7 Å². The van der Waals surface area contributed by atoms with Crippen LogP contribution >= 0.6 is 0 Å². The molecule has 0 atom stereocenters. The van der Waals surface area contributed by atoms with E-state index in [2.05, 4.69) is 4.98 Å². The molecule has 0 bridgehead atoms. The molecule has 0 aliphatic rings. The number of hydrogen-bond donors (Lipinski definition) is 1. The molecule has 0 spiro atoms. The molecular weight excluding hydrogens is 180 g/mol. The normalized spacial score (nSPS) is 10.1. The SMILES string of the molecule is COCCCc1ncccc1C(N)=O. The van der Waals surface area contributed by atoms with E-state index in [1.807, 2.05) is 0 Å². The van der Waals surface area contributed by atoms with Gasteiger partial charge in [-0.1, -0.05) is 0 Å². The fraction of sp³-hybridized carbons (Fsp3) is 0.400. The van der Waals surface area contributed by atoms with Crippen LogP contribution < -0.4 is 5.73 Å². The maximum Gasteiger partial charge on any atom is 0.250 e. The number of primary amides is 1. The summed E-state index contributed by atoms with van der Waals surface area (Å²) in [4.78, 5) is 15.1. The van der Waals surface area contributed by atoms with Crippen LogP contribution in [0.3, 0.4) is 0 Å². The van der Waals surface area contributed by atoms with E-state index >= 15 is 0 Å². The number of aryl methyl sites for hydroxylation is 1. The Labute approximate surface area is 83.1 Å². The van der Waals surface area contributed by atoms with E-state index in [1.54, 1.807) is 25.4 Å². The molecule has 0 fully saturated rings. The summed E-state index contributed by atoms with van der Waals surface area (Å²) in [6.07, 6.45) is 3.22. The first-order valence-corrected chi connectivity index (χ1v) is 4.48. The van der Waals surface area contributed by atoms with Crippen LogP contribution in [0.25, 0.3) is 0 Å². The highest BCUT2D eigenvalue weighted by atomic mass is 16.5. The van der Waals surface area contributed by atoms with Crippen LogP contribution in [0.1, 0.15) is 22.5 Å².